The van der Waals surface area contributed by atoms with Crippen LogP contribution < -0.4 is 0 Å². The Labute approximate surface area is 76.5 Å². The molecule has 3 nitrogen and oxygen atoms in total. The first-order chi connectivity index (χ1) is 5.57. The molecule has 0 rings (SSSR count). The van der Waals surface area contributed by atoms with Crippen LogP contribution in [0.1, 0.15) is 33.1 Å². The third-order valence-corrected chi connectivity index (χ3v) is 2.46. The van der Waals surface area contributed by atoms with E-state index >= 15 is 0 Å². The van der Waals surface area contributed by atoms with Gasteiger partial charge in [0.1, 0.15) is 5.25 Å². The van der Waals surface area contributed by atoms with Crippen molar-refractivity contribution < 1.29 is 14.7 Å². The molecule has 0 saturated heterocycles. The van der Waals surface area contributed by atoms with Crippen LogP contribution in [0.5, 0.6) is 0 Å². The molecule has 0 aromatic heterocycles. The van der Waals surface area contributed by atoms with Crippen molar-refractivity contribution in [2.45, 2.75) is 38.4 Å². The summed E-state index contributed by atoms with van der Waals surface area (Å²) in [6.45, 7) is 3.39. The van der Waals surface area contributed by atoms with Crippen LogP contribution in [0.15, 0.2) is 0 Å². The lowest BCUT2D eigenvalue weighted by atomic mass is 10.2. The zero-order valence-electron chi connectivity index (χ0n) is 7.37. The number of thioether (sulfide) groups is 1. The molecular formula is C8H14O3S. The van der Waals surface area contributed by atoms with Crippen LogP contribution in [0.4, 0.5) is 0 Å². The highest BCUT2D eigenvalue weighted by molar-refractivity contribution is 8.14. The summed E-state index contributed by atoms with van der Waals surface area (Å²) in [4.78, 5) is 21.2. The molecule has 0 amide bonds. The summed E-state index contributed by atoms with van der Waals surface area (Å²) in [6.07, 6.45) is 2.40. The fourth-order valence-electron chi connectivity index (χ4n) is 0.823. The Bertz CT molecular complexity index is 168. The lowest BCUT2D eigenvalue weighted by molar-refractivity contribution is -0.136. The van der Waals surface area contributed by atoms with E-state index in [-0.39, 0.29) is 5.12 Å². The Morgan fingerprint density at radius 1 is 1.50 bits per heavy atom. The number of aliphatic carboxylic acids is 1. The number of carbonyl (C=O) groups excluding carboxylic acids is 1. The molecule has 0 unspecified atom stereocenters. The second kappa shape index (κ2) is 6.06. The summed E-state index contributed by atoms with van der Waals surface area (Å²) in [6, 6.07) is 0. The van der Waals surface area contributed by atoms with E-state index in [1.54, 1.807) is 0 Å². The summed E-state index contributed by atoms with van der Waals surface area (Å²) in [5, 5.41) is 8.00. The summed E-state index contributed by atoms with van der Waals surface area (Å²) in [5.74, 6) is -0.886. The van der Waals surface area contributed by atoms with Gasteiger partial charge in [-0.05, 0) is 6.42 Å². The molecule has 12 heavy (non-hydrogen) atoms. The normalized spacial score (nSPS) is 12.5. The molecule has 0 aromatic carbocycles. The highest BCUT2D eigenvalue weighted by Gasteiger charge is 2.18. The van der Waals surface area contributed by atoms with Crippen LogP contribution in [0.25, 0.3) is 0 Å². The van der Waals surface area contributed by atoms with Crippen LogP contribution in [-0.4, -0.2) is 21.4 Å². The maximum Gasteiger partial charge on any atom is 0.317 e. The summed E-state index contributed by atoms with van der Waals surface area (Å²) < 4.78 is 0. The highest BCUT2D eigenvalue weighted by Crippen LogP contribution is 2.18. The number of carboxylic acids is 1. The van der Waals surface area contributed by atoms with Crippen molar-refractivity contribution in [1.29, 1.82) is 0 Å². The Balaban J connectivity index is 3.87. The molecule has 0 radical (unpaired) electrons. The average molecular weight is 190 g/mol. The number of unbranched alkanes of at least 4 members (excludes halogenated alkanes) is 1. The van der Waals surface area contributed by atoms with Crippen molar-refractivity contribution in [1.82, 2.24) is 0 Å². The minimum atomic E-state index is -0.886. The van der Waals surface area contributed by atoms with E-state index in [0.717, 1.165) is 24.6 Å². The maximum atomic E-state index is 10.6. The van der Waals surface area contributed by atoms with Crippen molar-refractivity contribution >= 4 is 22.8 Å². The smallest absolute Gasteiger partial charge is 0.317 e. The van der Waals surface area contributed by atoms with Crippen molar-refractivity contribution in [2.75, 3.05) is 0 Å². The molecule has 0 fully saturated rings. The van der Waals surface area contributed by atoms with Gasteiger partial charge in [-0.25, -0.2) is 0 Å². The standard InChI is InChI=1S/C8H14O3S/c1-3-4-5-7(8(10)11)12-6(2)9/h7H,3-5H2,1-2H3,(H,10,11)/t7-/m1/s1. The van der Waals surface area contributed by atoms with Gasteiger partial charge in [0.2, 0.25) is 0 Å². The van der Waals surface area contributed by atoms with Crippen LogP contribution in [-0.2, 0) is 9.59 Å². The fourth-order valence-corrected chi connectivity index (χ4v) is 1.61. The second-order valence-corrected chi connectivity index (χ2v) is 3.96. The molecule has 0 aliphatic rings. The van der Waals surface area contributed by atoms with Gasteiger partial charge in [0.15, 0.2) is 5.12 Å². The Morgan fingerprint density at radius 2 is 2.08 bits per heavy atom. The zero-order chi connectivity index (χ0) is 9.56. The first-order valence-corrected chi connectivity index (χ1v) is 4.86. The minimum absolute atomic E-state index is 0.126. The van der Waals surface area contributed by atoms with Crippen molar-refractivity contribution in [3.8, 4) is 0 Å². The van der Waals surface area contributed by atoms with Crippen molar-refractivity contribution in [3.05, 3.63) is 0 Å². The average Bonchev–Trinajstić information content (AvgIpc) is 1.96. The Hall–Kier alpha value is -0.510. The van der Waals surface area contributed by atoms with Gasteiger partial charge in [-0.2, -0.15) is 0 Å². The Kier molecular flexibility index (Phi) is 5.80. The molecule has 0 aromatic rings. The number of hydrogen-bond acceptors (Lipinski definition) is 3. The van der Waals surface area contributed by atoms with Gasteiger partial charge in [0.05, 0.1) is 0 Å². The molecule has 1 N–H and O–H groups in total. The molecule has 0 bridgehead atoms. The molecule has 1 atom stereocenters. The van der Waals surface area contributed by atoms with Gasteiger partial charge >= 0.3 is 5.97 Å². The van der Waals surface area contributed by atoms with Gasteiger partial charge in [-0.15, -0.1) is 0 Å². The molecule has 0 heterocycles. The first-order valence-electron chi connectivity index (χ1n) is 3.98. The maximum absolute atomic E-state index is 10.6. The van der Waals surface area contributed by atoms with E-state index < -0.39 is 11.2 Å². The van der Waals surface area contributed by atoms with E-state index in [2.05, 4.69) is 0 Å². The fraction of sp³-hybridized carbons (Fsp3) is 0.750. The Morgan fingerprint density at radius 3 is 2.42 bits per heavy atom. The minimum Gasteiger partial charge on any atom is -0.480 e. The molecule has 0 aliphatic heterocycles. The van der Waals surface area contributed by atoms with Gasteiger partial charge < -0.3 is 5.11 Å². The predicted molar refractivity (Wildman–Crippen MR) is 49.2 cm³/mol. The summed E-state index contributed by atoms with van der Waals surface area (Å²) in [7, 11) is 0. The van der Waals surface area contributed by atoms with Gasteiger partial charge in [-0.3, -0.25) is 9.59 Å². The third-order valence-electron chi connectivity index (χ3n) is 1.40. The van der Waals surface area contributed by atoms with E-state index in [1.165, 1.54) is 6.92 Å². The molecule has 0 spiro atoms. The number of carbonyl (C=O) groups is 2. The van der Waals surface area contributed by atoms with E-state index in [1.807, 2.05) is 6.92 Å². The van der Waals surface area contributed by atoms with Crippen LogP contribution in [0.3, 0.4) is 0 Å². The molecule has 70 valence electrons. The predicted octanol–water partition coefficient (Wildman–Crippen LogP) is 1.91. The van der Waals surface area contributed by atoms with E-state index in [0.29, 0.717) is 6.42 Å². The lowest BCUT2D eigenvalue weighted by Gasteiger charge is -2.07. The lowest BCUT2D eigenvalue weighted by Crippen LogP contribution is -2.17. The largest absolute Gasteiger partial charge is 0.480 e. The molecule has 0 aliphatic carbocycles. The van der Waals surface area contributed by atoms with Crippen molar-refractivity contribution in [3.63, 3.8) is 0 Å². The van der Waals surface area contributed by atoms with E-state index in [4.69, 9.17) is 5.11 Å². The molecular weight excluding hydrogens is 176 g/mol. The van der Waals surface area contributed by atoms with Crippen LogP contribution >= 0.6 is 11.8 Å². The van der Waals surface area contributed by atoms with Gasteiger partial charge in [0.25, 0.3) is 0 Å². The first kappa shape index (κ1) is 11.5. The quantitative estimate of drug-likeness (QED) is 0.719. The van der Waals surface area contributed by atoms with Crippen LogP contribution in [0, 0.1) is 0 Å². The van der Waals surface area contributed by atoms with E-state index in [9.17, 15) is 9.59 Å². The number of hydrogen-bond donors (Lipinski definition) is 1. The van der Waals surface area contributed by atoms with Gasteiger partial charge in [0, 0.05) is 6.92 Å². The SMILES string of the molecule is CCCC[C@@H](SC(C)=O)C(=O)O. The van der Waals surface area contributed by atoms with Gasteiger partial charge in [-0.1, -0.05) is 31.5 Å². The molecule has 0 saturated carbocycles. The summed E-state index contributed by atoms with van der Waals surface area (Å²) in [5.41, 5.74) is 0. The topological polar surface area (TPSA) is 54.4 Å². The number of carboxylic acid groups (broad SMARTS) is 1. The highest BCUT2D eigenvalue weighted by atomic mass is 32.2. The zero-order valence-corrected chi connectivity index (χ0v) is 8.19. The van der Waals surface area contributed by atoms with Crippen LogP contribution in [0.2, 0.25) is 0 Å². The van der Waals surface area contributed by atoms with Crippen molar-refractivity contribution in [2.24, 2.45) is 0 Å². The monoisotopic (exact) mass is 190 g/mol. The summed E-state index contributed by atoms with van der Waals surface area (Å²) >= 11 is 0.909. The number of rotatable bonds is 5. The second-order valence-electron chi connectivity index (χ2n) is 2.58. The molecule has 4 heteroatoms. The third kappa shape index (κ3) is 5.18.